The van der Waals surface area contributed by atoms with E-state index in [9.17, 15) is 19.5 Å². The zero-order valence-electron chi connectivity index (χ0n) is 14.0. The Bertz CT molecular complexity index is 530. The van der Waals surface area contributed by atoms with Gasteiger partial charge in [-0.05, 0) is 12.8 Å². The smallest absolute Gasteiger partial charge is 0.364 e. The van der Waals surface area contributed by atoms with Gasteiger partial charge in [0, 0.05) is 6.42 Å². The molecule has 8 nitrogen and oxygen atoms in total. The summed E-state index contributed by atoms with van der Waals surface area (Å²) in [4.78, 5) is 39.1. The van der Waals surface area contributed by atoms with Crippen LogP contribution in [0.1, 0.15) is 44.9 Å². The van der Waals surface area contributed by atoms with Crippen LogP contribution in [0.25, 0.3) is 0 Å². The van der Waals surface area contributed by atoms with Crippen LogP contribution in [0, 0.1) is 0 Å². The van der Waals surface area contributed by atoms with E-state index in [1.807, 2.05) is 0 Å². The monoisotopic (exact) mass is 340 g/mol. The van der Waals surface area contributed by atoms with Crippen molar-refractivity contribution in [3.8, 4) is 0 Å². The maximum absolute atomic E-state index is 12.9. The Morgan fingerprint density at radius 3 is 2.62 bits per heavy atom. The molecule has 2 aliphatic heterocycles. The number of urea groups is 1. The number of esters is 1. The first kappa shape index (κ1) is 17.2. The van der Waals surface area contributed by atoms with Gasteiger partial charge in [0.2, 0.25) is 0 Å². The molecule has 3 fully saturated rings. The number of rotatable bonds is 3. The molecule has 3 N–H and O–H groups in total. The number of aliphatic hydroxyl groups is 1. The fourth-order valence-corrected chi connectivity index (χ4v) is 4.24. The maximum Gasteiger partial charge on any atom is 0.364 e. The van der Waals surface area contributed by atoms with E-state index >= 15 is 0 Å². The van der Waals surface area contributed by atoms with Crippen molar-refractivity contribution in [1.29, 1.82) is 0 Å². The van der Waals surface area contributed by atoms with Gasteiger partial charge >= 0.3 is 12.0 Å². The number of ether oxygens (including phenoxy) is 1. The summed E-state index contributed by atoms with van der Waals surface area (Å²) in [5, 5.41) is 12.8. The van der Waals surface area contributed by atoms with Crippen molar-refractivity contribution >= 4 is 17.9 Å². The van der Waals surface area contributed by atoms with E-state index in [4.69, 9.17) is 4.74 Å². The molecule has 1 spiro atoms. The van der Waals surface area contributed by atoms with E-state index in [1.54, 1.807) is 0 Å². The minimum absolute atomic E-state index is 0.0866. The number of methoxy groups -OCH3 is 1. The number of amides is 3. The van der Waals surface area contributed by atoms with Crippen molar-refractivity contribution in [2.75, 3.05) is 20.3 Å². The van der Waals surface area contributed by atoms with Crippen LogP contribution in [-0.4, -0.2) is 65.9 Å². The molecule has 3 amide bonds. The van der Waals surface area contributed by atoms with Gasteiger partial charge in [-0.15, -0.1) is 0 Å². The zero-order valence-corrected chi connectivity index (χ0v) is 14.0. The molecule has 3 atom stereocenters. The van der Waals surface area contributed by atoms with E-state index in [0.717, 1.165) is 25.7 Å². The highest BCUT2D eigenvalue weighted by Gasteiger charge is 2.53. The average molecular weight is 340 g/mol. The number of nitrogens with one attached hydrogen (secondary N) is 2. The number of quaternary nitrogens is 1. The molecule has 1 saturated carbocycles. The zero-order chi connectivity index (χ0) is 17.3. The number of imide groups is 1. The van der Waals surface area contributed by atoms with Crippen LogP contribution >= 0.6 is 0 Å². The van der Waals surface area contributed by atoms with E-state index in [1.165, 1.54) is 12.0 Å². The van der Waals surface area contributed by atoms with Crippen LogP contribution in [0.4, 0.5) is 4.79 Å². The number of carbonyl (C=O) groups is 3. The number of hydrogen-bond donors (Lipinski definition) is 3. The Morgan fingerprint density at radius 2 is 2.00 bits per heavy atom. The molecule has 0 aromatic rings. The normalized spacial score (nSPS) is 32.8. The van der Waals surface area contributed by atoms with Gasteiger partial charge in [0.25, 0.3) is 5.91 Å². The second-order valence-electron chi connectivity index (χ2n) is 7.15. The molecule has 0 bridgehead atoms. The standard InChI is InChI=1S/C16H25N3O5/c1-24-13(21)12-8-11(20)9-18(12)10-19-14(22)16(17-15(19)23)6-4-2-3-5-7-16/h11-12,20H,2-10H2,1H3,(H,17,23)/p+1/t11-,12+/m1/s1. The number of likely N-dealkylation sites (tertiary alicyclic amines) is 1. The van der Waals surface area contributed by atoms with Gasteiger partial charge in [-0.25, -0.2) is 14.5 Å². The van der Waals surface area contributed by atoms with Crippen molar-refractivity contribution in [2.24, 2.45) is 0 Å². The molecule has 24 heavy (non-hydrogen) atoms. The van der Waals surface area contributed by atoms with Crippen LogP contribution < -0.4 is 10.2 Å². The lowest BCUT2D eigenvalue weighted by Crippen LogP contribution is -3.16. The fraction of sp³-hybridized carbons (Fsp3) is 0.812. The predicted molar refractivity (Wildman–Crippen MR) is 82.9 cm³/mol. The summed E-state index contributed by atoms with van der Waals surface area (Å²) in [6, 6.07) is -0.935. The molecule has 0 radical (unpaired) electrons. The fourth-order valence-electron chi connectivity index (χ4n) is 4.24. The molecule has 134 valence electrons. The lowest BCUT2D eigenvalue weighted by molar-refractivity contribution is -0.912. The summed E-state index contributed by atoms with van der Waals surface area (Å²) in [5.74, 6) is -0.607. The first-order chi connectivity index (χ1) is 11.5. The van der Waals surface area contributed by atoms with Gasteiger partial charge < -0.3 is 20.1 Å². The van der Waals surface area contributed by atoms with Gasteiger partial charge in [-0.3, -0.25) is 4.79 Å². The van der Waals surface area contributed by atoms with E-state index in [2.05, 4.69) is 5.32 Å². The average Bonchev–Trinajstić information content (AvgIpc) is 2.90. The summed E-state index contributed by atoms with van der Waals surface area (Å²) in [5.41, 5.74) is -0.772. The third-order valence-electron chi connectivity index (χ3n) is 5.55. The largest absolute Gasteiger partial charge is 0.465 e. The molecular weight excluding hydrogens is 314 g/mol. The van der Waals surface area contributed by atoms with Crippen molar-refractivity contribution in [2.45, 2.75) is 62.6 Å². The van der Waals surface area contributed by atoms with E-state index in [-0.39, 0.29) is 25.0 Å². The lowest BCUT2D eigenvalue weighted by Gasteiger charge is -2.26. The van der Waals surface area contributed by atoms with Crippen molar-refractivity contribution in [3.63, 3.8) is 0 Å². The lowest BCUT2D eigenvalue weighted by atomic mass is 9.90. The number of hydrogen-bond acceptors (Lipinski definition) is 5. The molecule has 1 aliphatic carbocycles. The van der Waals surface area contributed by atoms with Crippen molar-refractivity contribution < 1.29 is 29.1 Å². The molecule has 3 aliphatic rings. The summed E-state index contributed by atoms with van der Waals surface area (Å²) in [6.45, 7) is 0.410. The van der Waals surface area contributed by atoms with Gasteiger partial charge in [0.05, 0.1) is 7.11 Å². The second kappa shape index (κ2) is 6.68. The van der Waals surface area contributed by atoms with E-state index < -0.39 is 23.7 Å². The van der Waals surface area contributed by atoms with Crippen molar-refractivity contribution in [3.05, 3.63) is 0 Å². The molecule has 2 saturated heterocycles. The minimum Gasteiger partial charge on any atom is -0.465 e. The second-order valence-corrected chi connectivity index (χ2v) is 7.15. The molecule has 0 aromatic heterocycles. The summed E-state index contributed by atoms with van der Waals surface area (Å²) < 4.78 is 4.78. The van der Waals surface area contributed by atoms with Gasteiger partial charge in [0.1, 0.15) is 18.2 Å². The molecule has 2 heterocycles. The Labute approximate surface area is 141 Å². The molecule has 3 rings (SSSR count). The molecule has 0 aromatic carbocycles. The van der Waals surface area contributed by atoms with Crippen LogP contribution in [0.5, 0.6) is 0 Å². The minimum atomic E-state index is -0.772. The third-order valence-corrected chi connectivity index (χ3v) is 5.55. The highest BCUT2D eigenvalue weighted by atomic mass is 16.5. The van der Waals surface area contributed by atoms with E-state index in [0.29, 0.717) is 24.3 Å². The highest BCUT2D eigenvalue weighted by Crippen LogP contribution is 2.32. The summed E-state index contributed by atoms with van der Waals surface area (Å²) in [6.07, 6.45) is 5.03. The Balaban J connectivity index is 1.73. The molecule has 8 heteroatoms. The Kier molecular flexibility index (Phi) is 4.78. The summed E-state index contributed by atoms with van der Waals surface area (Å²) in [7, 11) is 1.30. The third kappa shape index (κ3) is 3.00. The van der Waals surface area contributed by atoms with Crippen molar-refractivity contribution in [1.82, 2.24) is 10.2 Å². The number of nitrogens with zero attached hydrogens (tertiary/aromatic N) is 1. The molecular formula is C16H26N3O5+. The highest BCUT2D eigenvalue weighted by molar-refractivity contribution is 6.06. The summed E-state index contributed by atoms with van der Waals surface area (Å²) >= 11 is 0. The Morgan fingerprint density at radius 1 is 1.33 bits per heavy atom. The predicted octanol–water partition coefficient (Wildman–Crippen LogP) is -1.22. The van der Waals surface area contributed by atoms with Gasteiger partial charge in [-0.2, -0.15) is 0 Å². The van der Waals surface area contributed by atoms with Gasteiger partial charge in [0.15, 0.2) is 12.7 Å². The SMILES string of the molecule is COC(=O)[C@@H]1C[C@@H](O)C[NH+]1CN1C(=O)NC2(CCCCCC2)C1=O. The quantitative estimate of drug-likeness (QED) is 0.442. The van der Waals surface area contributed by atoms with Gasteiger partial charge in [-0.1, -0.05) is 25.7 Å². The number of carbonyl (C=O) groups excluding carboxylic acids is 3. The van der Waals surface area contributed by atoms with Crippen LogP contribution in [0.3, 0.4) is 0 Å². The van der Waals surface area contributed by atoms with Crippen LogP contribution in [0.2, 0.25) is 0 Å². The maximum atomic E-state index is 12.9. The topological polar surface area (TPSA) is 100 Å². The van der Waals surface area contributed by atoms with Crippen LogP contribution in [-0.2, 0) is 14.3 Å². The van der Waals surface area contributed by atoms with Crippen LogP contribution in [0.15, 0.2) is 0 Å². The first-order valence-electron chi connectivity index (χ1n) is 8.71. The number of aliphatic hydroxyl groups excluding tert-OH is 1. The molecule has 1 unspecified atom stereocenters. The Hall–Kier alpha value is -1.67. The first-order valence-corrected chi connectivity index (χ1v) is 8.71.